The number of carbonyl (C=O) groups is 5. The van der Waals surface area contributed by atoms with Crippen LogP contribution in [0, 0.1) is 50.1 Å². The van der Waals surface area contributed by atoms with E-state index >= 15 is 0 Å². The second-order valence-electron chi connectivity index (χ2n) is 33.3. The number of hydrogen-bond donors (Lipinski definition) is 2. The van der Waals surface area contributed by atoms with E-state index in [0.717, 1.165) is 64.5 Å². The van der Waals surface area contributed by atoms with Gasteiger partial charge in [-0.2, -0.15) is 26.3 Å². The number of rotatable bonds is 21. The first-order chi connectivity index (χ1) is 52.7. The number of benzene rings is 5. The van der Waals surface area contributed by atoms with Crippen LogP contribution in [-0.4, -0.2) is 127 Å². The smallest absolute Gasteiger partial charge is 0.426 e. The number of piperidine rings is 1. The molecular formula is C84H110F6I3NO17S3. The van der Waals surface area contributed by atoms with Crippen LogP contribution in [0.15, 0.2) is 115 Å². The van der Waals surface area contributed by atoms with E-state index in [9.17, 15) is 76.3 Å². The maximum absolute atomic E-state index is 13.3. The summed E-state index contributed by atoms with van der Waals surface area (Å²) in [5, 5.41) is 14.3. The molecule has 5 unspecified atom stereocenters. The number of ether oxygens (including phenoxy) is 5. The quantitative estimate of drug-likeness (QED) is 0.0129. The van der Waals surface area contributed by atoms with E-state index in [1.807, 2.05) is 112 Å². The molecule has 2 heterocycles. The number of quaternary nitrogens is 1. The maximum Gasteiger partial charge on any atom is 0.426 e. The van der Waals surface area contributed by atoms with E-state index in [4.69, 9.17) is 19.3 Å². The topological polar surface area (TPSA) is 283 Å². The fourth-order valence-electron chi connectivity index (χ4n) is 14.6. The van der Waals surface area contributed by atoms with Crippen LogP contribution in [-0.2, 0) is 63.1 Å². The fourth-order valence-corrected chi connectivity index (χ4v) is 20.6. The molecular weight excluding hydrogens is 1890 g/mol. The minimum atomic E-state index is -5.27. The van der Waals surface area contributed by atoms with Gasteiger partial charge in [-0.25, -0.2) is 21.6 Å². The Morgan fingerprint density at radius 1 is 0.614 bits per heavy atom. The summed E-state index contributed by atoms with van der Waals surface area (Å²) < 4.78 is 173. The lowest BCUT2D eigenvalue weighted by molar-refractivity contribution is -0.665. The Labute approximate surface area is 711 Å². The minimum Gasteiger partial charge on any atom is -0.748 e. The molecule has 6 aromatic rings. The molecule has 3 N–H and O–H groups in total. The van der Waals surface area contributed by atoms with Crippen molar-refractivity contribution in [3.8, 4) is 10.6 Å². The molecule has 1 aliphatic heterocycles. The van der Waals surface area contributed by atoms with E-state index in [0.29, 0.717) is 60.4 Å². The Kier molecular flexibility index (Phi) is 34.7. The number of aromatic hydroxyl groups is 1. The van der Waals surface area contributed by atoms with Gasteiger partial charge in [0, 0.05) is 57.1 Å². The molecule has 0 radical (unpaired) electrons. The summed E-state index contributed by atoms with van der Waals surface area (Å²) in [5.74, 6) is -5.33. The summed E-state index contributed by atoms with van der Waals surface area (Å²) in [4.78, 5) is 62.9. The van der Waals surface area contributed by atoms with Gasteiger partial charge in [0.15, 0.2) is 14.3 Å². The van der Waals surface area contributed by atoms with Crippen LogP contribution in [0.2, 0.25) is 0 Å². The van der Waals surface area contributed by atoms with Gasteiger partial charge in [-0.3, -0.25) is 19.2 Å². The third kappa shape index (κ3) is 27.8. The van der Waals surface area contributed by atoms with Crippen molar-refractivity contribution < 1.29 is 110 Å². The molecule has 6 aliphatic rings. The molecule has 0 spiro atoms. The Balaban J connectivity index is 0.000000219. The lowest BCUT2D eigenvalue weighted by Crippen LogP contribution is -2.86. The van der Waals surface area contributed by atoms with Crippen molar-refractivity contribution in [3.05, 3.63) is 137 Å². The Bertz CT molecular complexity index is 4430. The highest BCUT2D eigenvalue weighted by Gasteiger charge is 2.64. The van der Waals surface area contributed by atoms with Gasteiger partial charge < -0.3 is 43.2 Å². The average molecular weight is 2000 g/mol. The van der Waals surface area contributed by atoms with E-state index in [2.05, 4.69) is 128 Å². The van der Waals surface area contributed by atoms with Crippen molar-refractivity contribution in [1.29, 1.82) is 0 Å². The van der Waals surface area contributed by atoms with Gasteiger partial charge in [-0.05, 0) is 298 Å². The zero-order valence-corrected chi connectivity index (χ0v) is 76.2. The lowest BCUT2D eigenvalue weighted by atomic mass is 9.48. The summed E-state index contributed by atoms with van der Waals surface area (Å²) in [6, 6.07) is 38.9. The molecule has 0 amide bonds. The number of thiophene rings is 1. The predicted molar refractivity (Wildman–Crippen MR) is 453 cm³/mol. The van der Waals surface area contributed by atoms with Crippen LogP contribution in [0.5, 0.6) is 5.75 Å². The van der Waals surface area contributed by atoms with Gasteiger partial charge in [0.25, 0.3) is 0 Å². The summed E-state index contributed by atoms with van der Waals surface area (Å²) in [5.41, 5.74) is -3.06. The Morgan fingerprint density at radius 2 is 1.08 bits per heavy atom. The highest BCUT2D eigenvalue weighted by Crippen LogP contribution is 2.64. The number of phenols is 1. The number of hydrogen-bond acceptors (Lipinski definition) is 17. The van der Waals surface area contributed by atoms with E-state index in [1.54, 1.807) is 48.6 Å². The number of halogens is 9. The molecule has 6 fully saturated rings. The highest BCUT2D eigenvalue weighted by atomic mass is 127. The van der Waals surface area contributed by atoms with Crippen molar-refractivity contribution in [1.82, 2.24) is 0 Å². The summed E-state index contributed by atoms with van der Waals surface area (Å²) in [6.07, 6.45) is -3.81. The normalized spacial score (nSPS) is 20.4. The van der Waals surface area contributed by atoms with Gasteiger partial charge in [-0.1, -0.05) is 89.2 Å². The van der Waals surface area contributed by atoms with E-state index in [1.165, 1.54) is 49.5 Å². The van der Waals surface area contributed by atoms with Crippen LogP contribution in [0.25, 0.3) is 25.1 Å². The summed E-state index contributed by atoms with van der Waals surface area (Å²) in [6.45, 7) is 30.0. The fraction of sp³-hybridized carbons (Fsp3) is 0.583. The van der Waals surface area contributed by atoms with Crippen molar-refractivity contribution in [3.63, 3.8) is 0 Å². The van der Waals surface area contributed by atoms with Crippen molar-refractivity contribution >= 4 is 148 Å². The van der Waals surface area contributed by atoms with Crippen LogP contribution in [0.4, 0.5) is 26.3 Å². The van der Waals surface area contributed by atoms with Gasteiger partial charge >= 0.3 is 42.2 Å². The van der Waals surface area contributed by atoms with E-state index in [-0.39, 0.29) is 68.3 Å². The first kappa shape index (κ1) is 97.8. The number of carbonyl (C=O) groups excluding carboxylic acids is 5. The van der Waals surface area contributed by atoms with Crippen LogP contribution < -0.4 is 5.32 Å². The molecule has 12 rings (SSSR count). The molecule has 5 aliphatic carbocycles. The van der Waals surface area contributed by atoms with Crippen molar-refractivity contribution in [2.75, 3.05) is 24.6 Å². The van der Waals surface area contributed by atoms with Gasteiger partial charge in [-0.15, -0.1) is 0 Å². The number of fused-ring (bicyclic) bond motifs is 3. The van der Waals surface area contributed by atoms with Crippen LogP contribution >= 0.6 is 78.2 Å². The first-order valence-corrected chi connectivity index (χ1v) is 46.2. The molecule has 30 heteroatoms. The largest absolute Gasteiger partial charge is 0.748 e. The van der Waals surface area contributed by atoms with Gasteiger partial charge in [0.2, 0.25) is 12.2 Å². The molecule has 5 aromatic carbocycles. The van der Waals surface area contributed by atoms with Gasteiger partial charge in [0.05, 0.1) is 72.1 Å². The maximum atomic E-state index is 13.3. The van der Waals surface area contributed by atoms with Crippen molar-refractivity contribution in [2.24, 2.45) is 39.4 Å². The first-order valence-electron chi connectivity index (χ1n) is 38.5. The molecule has 5 saturated carbocycles. The number of alkyl halides is 6. The molecule has 1 saturated heterocycles. The third-order valence-electron chi connectivity index (χ3n) is 22.5. The van der Waals surface area contributed by atoms with Gasteiger partial charge in [0.1, 0.15) is 22.6 Å². The second kappa shape index (κ2) is 40.4. The molecule has 114 heavy (non-hydrogen) atoms. The predicted octanol–water partition coefficient (Wildman–Crippen LogP) is 20.1. The van der Waals surface area contributed by atoms with E-state index < -0.39 is 90.6 Å². The molecule has 634 valence electrons. The van der Waals surface area contributed by atoms with Crippen LogP contribution in [0.3, 0.4) is 0 Å². The second-order valence-corrected chi connectivity index (χ2v) is 41.6. The summed E-state index contributed by atoms with van der Waals surface area (Å²) in [7, 11) is -10.4. The Hall–Kier alpha value is -4.98. The Morgan fingerprint density at radius 3 is 1.54 bits per heavy atom. The number of nitrogens with two attached hydrogens (primary N) is 1. The minimum absolute atomic E-state index is 0.00100. The molecule has 1 aromatic heterocycles. The summed E-state index contributed by atoms with van der Waals surface area (Å²) >= 11 is 5.52. The zero-order valence-electron chi connectivity index (χ0n) is 67.3. The van der Waals surface area contributed by atoms with Crippen molar-refractivity contribution in [2.45, 2.75) is 247 Å². The number of esters is 5. The average Bonchev–Trinajstić information content (AvgIpc) is 1.11. The SMILES string of the molecule is CCC(C)(C)C(=O)OC(C)(C)C1CC[NH2+]CC1.CCC(C)(C)C(=O)OC1(C)CCCC1.CCC(C)(C)C(=O)OC12CC3CC(C1)CC(C(=O)OC(CS(=O)(=O)[O-])C(F)(F)F)(C3)C2.CCC(C)c1cccc(O)c1.O=C(OC(CS(=O)(=O)[O-])C(F)(F)F)c1cc(I)cc(I)c1I.c1ccc(-[s+]2c3ccccc3c3ccccc32)cc1. The third-order valence-corrected chi connectivity index (χ3v) is 29.9. The zero-order chi connectivity index (χ0) is 85.6. The standard InChI is InChI=1S/C20H29F3O7S.C18H13S.C14H27NO2.C12H22O2.C10H6F3I3O5S.C10H14O/c1-4-17(2,3)15(24)30-19-8-12-5-13(9-19)7-18(6-12,11-19)16(25)29-14(20(21,22)23)10-31(26,27)28;1-2-8-14(9-3-1)19-17-12-6-4-10-15(17)16-11-5-7-13-18(16)19;1-6-13(2,3)12(16)17-14(4,5)11-7-9-15-10-8-11;1-5-11(2,3)10(13)14-12(4)8-6-7-9-12;11-10(12,13)7(3-22(18,19)20)21-9(17)5-1-4(14)2-6(15)8(5)16;1-3-8(2)9-5-4-6-10(11)7-9/h12-14H,4-11H2,1-3H3,(H,26,27,28);1-13H;11,15H,6-10H2,1-5H3;5-9H2,1-4H3;1-2,7H,3H2,(H,18,19,20);4-8,11H,3H2,1-2H3/q;+1;;;;/p-1. The highest BCUT2D eigenvalue weighted by molar-refractivity contribution is 14.1. The molecule has 18 nitrogen and oxygen atoms in total. The van der Waals surface area contributed by atoms with Crippen LogP contribution in [0.1, 0.15) is 222 Å². The number of phenolic OH excluding ortho intramolecular Hbond substituents is 1. The monoisotopic (exact) mass is 2000 g/mol. The molecule has 5 atom stereocenters. The lowest BCUT2D eigenvalue weighted by Gasteiger charge is -2.60. The molecule has 4 bridgehead atoms.